The number of nitrogens with one attached hydrogen (secondary N) is 2. The molecule has 1 atom stereocenters. The first-order valence-corrected chi connectivity index (χ1v) is 6.50. The molecule has 0 saturated carbocycles. The van der Waals surface area contributed by atoms with Gasteiger partial charge in [-0.2, -0.15) is 13.2 Å². The van der Waals surface area contributed by atoms with Crippen LogP contribution in [0.4, 0.5) is 13.2 Å². The molecule has 1 aromatic rings. The number of methoxy groups -OCH3 is 1. The number of alkyl halides is 3. The summed E-state index contributed by atoms with van der Waals surface area (Å²) in [7, 11) is 1.53. The number of halogens is 3. The Morgan fingerprint density at radius 2 is 2.10 bits per heavy atom. The molecule has 1 unspecified atom stereocenters. The van der Waals surface area contributed by atoms with Crippen molar-refractivity contribution in [1.29, 1.82) is 0 Å². The Morgan fingerprint density at radius 1 is 1.38 bits per heavy atom. The maximum Gasteiger partial charge on any atom is 0.416 e. The second kappa shape index (κ2) is 7.99. The lowest BCUT2D eigenvalue weighted by atomic mass is 10.0. The molecule has 0 aromatic heterocycles. The first kappa shape index (κ1) is 17.5. The maximum absolute atomic E-state index is 12.6. The van der Waals surface area contributed by atoms with E-state index in [1.807, 2.05) is 0 Å². The standard InChI is InChI=1S/C14H19F3N2O2/c1-10(19-9-13(20)18-6-7-21-2)11-4-3-5-12(8-11)14(15,16)17/h3-5,8,10,19H,6-7,9H2,1-2H3,(H,18,20). The van der Waals surface area contributed by atoms with Gasteiger partial charge in [0.05, 0.1) is 18.7 Å². The topological polar surface area (TPSA) is 50.4 Å². The molecule has 0 saturated heterocycles. The molecule has 0 radical (unpaired) electrons. The third kappa shape index (κ3) is 6.14. The van der Waals surface area contributed by atoms with Crippen molar-refractivity contribution in [2.75, 3.05) is 26.8 Å². The third-order valence-electron chi connectivity index (χ3n) is 2.91. The van der Waals surface area contributed by atoms with Crippen LogP contribution in [0.15, 0.2) is 24.3 Å². The number of hydrogen-bond donors (Lipinski definition) is 2. The molecular formula is C14H19F3N2O2. The van der Waals surface area contributed by atoms with Crippen LogP contribution in [0.5, 0.6) is 0 Å². The first-order valence-electron chi connectivity index (χ1n) is 6.50. The van der Waals surface area contributed by atoms with Gasteiger partial charge in [0.25, 0.3) is 0 Å². The van der Waals surface area contributed by atoms with Gasteiger partial charge in [0, 0.05) is 19.7 Å². The van der Waals surface area contributed by atoms with Crippen LogP contribution in [0.1, 0.15) is 24.1 Å². The van der Waals surface area contributed by atoms with Crippen molar-refractivity contribution >= 4 is 5.91 Å². The molecule has 1 amide bonds. The molecule has 118 valence electrons. The van der Waals surface area contributed by atoms with Crippen molar-refractivity contribution in [3.63, 3.8) is 0 Å². The summed E-state index contributed by atoms with van der Waals surface area (Å²) in [4.78, 5) is 11.5. The zero-order valence-electron chi connectivity index (χ0n) is 12.0. The van der Waals surface area contributed by atoms with Crippen LogP contribution in [0.2, 0.25) is 0 Å². The van der Waals surface area contributed by atoms with Crippen LogP contribution in [-0.2, 0) is 15.7 Å². The highest BCUT2D eigenvalue weighted by molar-refractivity contribution is 5.78. The lowest BCUT2D eigenvalue weighted by Gasteiger charge is -2.16. The average molecular weight is 304 g/mol. The zero-order valence-corrected chi connectivity index (χ0v) is 12.0. The number of ether oxygens (including phenoxy) is 1. The van der Waals surface area contributed by atoms with Crippen molar-refractivity contribution in [2.45, 2.75) is 19.1 Å². The highest BCUT2D eigenvalue weighted by Gasteiger charge is 2.30. The van der Waals surface area contributed by atoms with E-state index < -0.39 is 11.7 Å². The minimum absolute atomic E-state index is 0.0289. The number of carbonyl (C=O) groups excluding carboxylic acids is 1. The molecule has 0 aliphatic rings. The summed E-state index contributed by atoms with van der Waals surface area (Å²) >= 11 is 0. The summed E-state index contributed by atoms with van der Waals surface area (Å²) in [5.74, 6) is -0.231. The van der Waals surface area contributed by atoms with Crippen LogP contribution in [0, 0.1) is 0 Å². The molecular weight excluding hydrogens is 285 g/mol. The van der Waals surface area contributed by atoms with Crippen LogP contribution >= 0.6 is 0 Å². The summed E-state index contributed by atoms with van der Waals surface area (Å²) < 4.78 is 42.7. The molecule has 7 heteroatoms. The SMILES string of the molecule is COCCNC(=O)CNC(C)c1cccc(C(F)(F)F)c1. The number of amides is 1. The molecule has 0 bridgehead atoms. The van der Waals surface area contributed by atoms with Gasteiger partial charge in [-0.1, -0.05) is 12.1 Å². The fraction of sp³-hybridized carbons (Fsp3) is 0.500. The maximum atomic E-state index is 12.6. The van der Waals surface area contributed by atoms with Crippen LogP contribution in [-0.4, -0.2) is 32.7 Å². The minimum atomic E-state index is -4.37. The molecule has 21 heavy (non-hydrogen) atoms. The Labute approximate surface area is 121 Å². The Balaban J connectivity index is 2.52. The fourth-order valence-electron chi connectivity index (χ4n) is 1.70. The highest BCUT2D eigenvalue weighted by atomic mass is 19.4. The van der Waals surface area contributed by atoms with E-state index in [1.54, 1.807) is 13.0 Å². The van der Waals surface area contributed by atoms with E-state index in [0.29, 0.717) is 18.7 Å². The molecule has 0 aliphatic heterocycles. The second-order valence-electron chi connectivity index (χ2n) is 4.57. The average Bonchev–Trinajstić information content (AvgIpc) is 2.44. The number of benzene rings is 1. The molecule has 0 heterocycles. The summed E-state index contributed by atoms with van der Waals surface area (Å²) in [5.41, 5.74) is -0.215. The molecule has 1 rings (SSSR count). The van der Waals surface area contributed by atoms with Gasteiger partial charge in [-0.3, -0.25) is 4.79 Å². The monoisotopic (exact) mass is 304 g/mol. The predicted molar refractivity (Wildman–Crippen MR) is 72.7 cm³/mol. The lowest BCUT2D eigenvalue weighted by Crippen LogP contribution is -2.36. The first-order chi connectivity index (χ1) is 9.84. The fourth-order valence-corrected chi connectivity index (χ4v) is 1.70. The number of rotatable bonds is 7. The molecule has 0 fully saturated rings. The zero-order chi connectivity index (χ0) is 15.9. The van der Waals surface area contributed by atoms with Crippen molar-refractivity contribution in [2.24, 2.45) is 0 Å². The number of carbonyl (C=O) groups is 1. The van der Waals surface area contributed by atoms with E-state index in [0.717, 1.165) is 12.1 Å². The van der Waals surface area contributed by atoms with Gasteiger partial charge in [0.15, 0.2) is 0 Å². The van der Waals surface area contributed by atoms with Gasteiger partial charge in [0.1, 0.15) is 0 Å². The van der Waals surface area contributed by atoms with E-state index in [4.69, 9.17) is 4.74 Å². The van der Waals surface area contributed by atoms with Gasteiger partial charge < -0.3 is 15.4 Å². The van der Waals surface area contributed by atoms with Gasteiger partial charge in [-0.25, -0.2) is 0 Å². The lowest BCUT2D eigenvalue weighted by molar-refractivity contribution is -0.137. The largest absolute Gasteiger partial charge is 0.416 e. The van der Waals surface area contributed by atoms with Crippen LogP contribution in [0.25, 0.3) is 0 Å². The van der Waals surface area contributed by atoms with Crippen molar-refractivity contribution in [3.8, 4) is 0 Å². The molecule has 0 aliphatic carbocycles. The van der Waals surface area contributed by atoms with E-state index in [1.165, 1.54) is 13.2 Å². The van der Waals surface area contributed by atoms with Gasteiger partial charge in [-0.15, -0.1) is 0 Å². The van der Waals surface area contributed by atoms with Crippen molar-refractivity contribution in [1.82, 2.24) is 10.6 Å². The van der Waals surface area contributed by atoms with Gasteiger partial charge in [0.2, 0.25) is 5.91 Å². The summed E-state index contributed by atoms with van der Waals surface area (Å²) in [6.07, 6.45) is -4.37. The highest BCUT2D eigenvalue weighted by Crippen LogP contribution is 2.30. The van der Waals surface area contributed by atoms with Crippen LogP contribution < -0.4 is 10.6 Å². The normalized spacial score (nSPS) is 13.0. The van der Waals surface area contributed by atoms with E-state index in [2.05, 4.69) is 10.6 Å². The molecule has 1 aromatic carbocycles. The number of hydrogen-bond acceptors (Lipinski definition) is 3. The van der Waals surface area contributed by atoms with Gasteiger partial charge >= 0.3 is 6.18 Å². The molecule has 4 nitrogen and oxygen atoms in total. The van der Waals surface area contributed by atoms with Crippen molar-refractivity contribution in [3.05, 3.63) is 35.4 Å². The summed E-state index contributed by atoms with van der Waals surface area (Å²) in [5, 5.41) is 5.50. The van der Waals surface area contributed by atoms with Crippen LogP contribution in [0.3, 0.4) is 0 Å². The Kier molecular flexibility index (Phi) is 6.64. The van der Waals surface area contributed by atoms with Crippen molar-refractivity contribution < 1.29 is 22.7 Å². The quantitative estimate of drug-likeness (QED) is 0.759. The molecule has 0 spiro atoms. The van der Waals surface area contributed by atoms with E-state index in [9.17, 15) is 18.0 Å². The Hall–Kier alpha value is -1.60. The van der Waals surface area contributed by atoms with E-state index in [-0.39, 0.29) is 18.5 Å². The molecule has 2 N–H and O–H groups in total. The minimum Gasteiger partial charge on any atom is -0.383 e. The summed E-state index contributed by atoms with van der Waals surface area (Å²) in [6, 6.07) is 4.69. The Morgan fingerprint density at radius 3 is 2.71 bits per heavy atom. The predicted octanol–water partition coefficient (Wildman–Crippen LogP) is 2.12. The van der Waals surface area contributed by atoms with E-state index >= 15 is 0 Å². The Bertz CT molecular complexity index is 464. The second-order valence-corrected chi connectivity index (χ2v) is 4.57. The smallest absolute Gasteiger partial charge is 0.383 e. The third-order valence-corrected chi connectivity index (χ3v) is 2.91. The van der Waals surface area contributed by atoms with Gasteiger partial charge in [-0.05, 0) is 24.6 Å². The summed E-state index contributed by atoms with van der Waals surface area (Å²) in [6.45, 7) is 2.54.